The minimum atomic E-state index is -4.57. The first-order chi connectivity index (χ1) is 26.4. The van der Waals surface area contributed by atoms with Gasteiger partial charge in [-0.1, -0.05) is 87.1 Å². The van der Waals surface area contributed by atoms with Gasteiger partial charge in [0.2, 0.25) is 0 Å². The highest BCUT2D eigenvalue weighted by Gasteiger charge is 2.53. The number of para-hydroxylation sites is 1. The number of esters is 1. The summed E-state index contributed by atoms with van der Waals surface area (Å²) in [4.78, 5) is 38.0. The molecule has 3 heterocycles. The minimum absolute atomic E-state index is 0.00989. The number of ether oxygens (including phenoxy) is 4. The quantitative estimate of drug-likeness (QED) is 0.0337. The molecule has 0 saturated carbocycles. The molecular weight excluding hydrogens is 734 g/mol. The molecule has 1 aliphatic heterocycles. The van der Waals surface area contributed by atoms with Crippen molar-refractivity contribution in [1.29, 1.82) is 0 Å². The predicted octanol–water partition coefficient (Wildman–Crippen LogP) is 6.69. The van der Waals surface area contributed by atoms with Gasteiger partial charge in [0.25, 0.3) is 0 Å². The van der Waals surface area contributed by atoms with E-state index in [-0.39, 0.29) is 42.2 Å². The van der Waals surface area contributed by atoms with Crippen molar-refractivity contribution in [2.45, 2.75) is 95.8 Å². The van der Waals surface area contributed by atoms with E-state index >= 15 is 0 Å². The van der Waals surface area contributed by atoms with Crippen LogP contribution >= 0.6 is 7.75 Å². The van der Waals surface area contributed by atoms with E-state index in [2.05, 4.69) is 32.9 Å². The molecule has 17 heteroatoms. The number of benzene rings is 2. The minimum Gasteiger partial charge on any atom is -0.462 e. The molecule has 0 spiro atoms. The highest BCUT2D eigenvalue weighted by molar-refractivity contribution is 7.52. The molecule has 294 valence electrons. The van der Waals surface area contributed by atoms with Crippen LogP contribution in [-0.2, 0) is 39.3 Å². The van der Waals surface area contributed by atoms with E-state index in [0.29, 0.717) is 6.42 Å². The van der Waals surface area contributed by atoms with E-state index in [9.17, 15) is 18.5 Å². The van der Waals surface area contributed by atoms with Crippen molar-refractivity contribution in [2.24, 2.45) is 0 Å². The molecule has 1 aliphatic rings. The molecule has 15 nitrogen and oxygen atoms in total. The van der Waals surface area contributed by atoms with Crippen molar-refractivity contribution in [3.8, 4) is 18.1 Å². The summed E-state index contributed by atoms with van der Waals surface area (Å²) in [7, 11) is -4.57. The number of nitrogens with zero attached hydrogens (tertiary/aromatic N) is 4. The standard InChI is InChI=1S/C38H46FN6O9P/c1-5-7-8-9-16-21-49-37(47)52-30-23-31(45-25-41-32-33(40)42-36(39)43-34(32)45)53-38(30,6-2)24-50-55(48,54-28-19-14-11-15-20-28)44-29(35(46)51-26(3)4)22-27-17-12-10-13-18-27/h2,10-15,17-20,25-26,29-31H,5,7-9,16,21-24H2,1,3-4H3,(H,44,48)(H2,40,42,43)/t29-,30-,31+,38+,55-/m0/s1. The Morgan fingerprint density at radius 2 is 1.82 bits per heavy atom. The number of halogens is 1. The smallest absolute Gasteiger partial charge is 0.462 e. The molecule has 55 heavy (non-hydrogen) atoms. The molecule has 5 rings (SSSR count). The van der Waals surface area contributed by atoms with Gasteiger partial charge < -0.3 is 29.2 Å². The van der Waals surface area contributed by atoms with Gasteiger partial charge in [0.15, 0.2) is 28.7 Å². The van der Waals surface area contributed by atoms with Crippen molar-refractivity contribution < 1.29 is 46.5 Å². The number of rotatable bonds is 19. The maximum absolute atomic E-state index is 14.8. The van der Waals surface area contributed by atoms with Crippen molar-refractivity contribution in [3.63, 3.8) is 0 Å². The largest absolute Gasteiger partial charge is 0.508 e. The van der Waals surface area contributed by atoms with Gasteiger partial charge >= 0.3 is 25.9 Å². The molecule has 1 saturated heterocycles. The Labute approximate surface area is 319 Å². The maximum atomic E-state index is 14.8. The zero-order valence-electron chi connectivity index (χ0n) is 31.0. The second-order valence-corrected chi connectivity index (χ2v) is 14.9. The summed E-state index contributed by atoms with van der Waals surface area (Å²) < 4.78 is 65.5. The van der Waals surface area contributed by atoms with Gasteiger partial charge in [0.05, 0.1) is 19.0 Å². The summed E-state index contributed by atoms with van der Waals surface area (Å²) in [5, 5.41) is 2.77. The van der Waals surface area contributed by atoms with Crippen LogP contribution < -0.4 is 15.3 Å². The number of fused-ring (bicyclic) bond motifs is 1. The lowest BCUT2D eigenvalue weighted by atomic mass is 9.99. The molecule has 5 atom stereocenters. The lowest BCUT2D eigenvalue weighted by Gasteiger charge is -2.31. The third-order valence-corrected chi connectivity index (χ3v) is 10.2. The van der Waals surface area contributed by atoms with Gasteiger partial charge in [-0.3, -0.25) is 13.9 Å². The Morgan fingerprint density at radius 3 is 2.51 bits per heavy atom. The Morgan fingerprint density at radius 1 is 1.11 bits per heavy atom. The number of hydrogen-bond acceptors (Lipinski definition) is 13. The van der Waals surface area contributed by atoms with Gasteiger partial charge in [-0.05, 0) is 44.4 Å². The summed E-state index contributed by atoms with van der Waals surface area (Å²) in [6.07, 6.45) is 7.05. The van der Waals surface area contributed by atoms with Gasteiger partial charge in [0, 0.05) is 6.42 Å². The highest BCUT2D eigenvalue weighted by Crippen LogP contribution is 2.49. The second-order valence-electron chi connectivity index (χ2n) is 13.2. The van der Waals surface area contributed by atoms with Crippen LogP contribution in [0.25, 0.3) is 11.2 Å². The van der Waals surface area contributed by atoms with Crippen molar-refractivity contribution in [3.05, 3.63) is 78.6 Å². The SMILES string of the molecule is C#C[C@]1(CO[P@@](=O)(N[C@@H](Cc2ccccc2)C(=O)OC(C)C)Oc2ccccc2)O[C@@H](n2cnc3c(N)nc(F)nc32)C[C@@H]1OC(=O)OCCCCCCC. The first-order valence-electron chi connectivity index (χ1n) is 18.1. The monoisotopic (exact) mass is 780 g/mol. The molecule has 0 amide bonds. The van der Waals surface area contributed by atoms with Crippen LogP contribution in [0.15, 0.2) is 67.0 Å². The van der Waals surface area contributed by atoms with E-state index in [1.165, 1.54) is 10.9 Å². The average molecular weight is 781 g/mol. The number of terminal acetylenes is 1. The number of carbonyl (C=O) groups excluding carboxylic acids is 2. The number of anilines is 1. The topological polar surface area (TPSA) is 188 Å². The molecule has 0 unspecified atom stereocenters. The number of hydrogen-bond donors (Lipinski definition) is 2. The molecule has 2 aromatic carbocycles. The van der Waals surface area contributed by atoms with Crippen LogP contribution in [-0.4, -0.2) is 68.7 Å². The normalized spacial score (nSPS) is 19.7. The van der Waals surface area contributed by atoms with Gasteiger partial charge in [-0.15, -0.1) is 6.42 Å². The van der Waals surface area contributed by atoms with E-state index in [0.717, 1.165) is 31.2 Å². The van der Waals surface area contributed by atoms with Crippen LogP contribution in [0.3, 0.4) is 0 Å². The van der Waals surface area contributed by atoms with Crippen molar-refractivity contribution in [2.75, 3.05) is 18.9 Å². The highest BCUT2D eigenvalue weighted by atomic mass is 31.2. The Hall–Kier alpha value is -5.07. The lowest BCUT2D eigenvalue weighted by Crippen LogP contribution is -2.46. The summed E-state index contributed by atoms with van der Waals surface area (Å²) >= 11 is 0. The van der Waals surface area contributed by atoms with E-state index in [1.807, 2.05) is 6.07 Å². The molecule has 0 aliphatic carbocycles. The zero-order valence-corrected chi connectivity index (χ0v) is 31.9. The Balaban J connectivity index is 1.45. The fourth-order valence-electron chi connectivity index (χ4n) is 5.91. The second kappa shape index (κ2) is 19.0. The third kappa shape index (κ3) is 11.0. The van der Waals surface area contributed by atoms with Crippen LogP contribution in [0.5, 0.6) is 5.75 Å². The molecule has 1 fully saturated rings. The van der Waals surface area contributed by atoms with E-state index < -0.39 is 62.6 Å². The number of carbonyl (C=O) groups is 2. The van der Waals surface area contributed by atoms with Gasteiger partial charge in [-0.2, -0.15) is 19.4 Å². The summed E-state index contributed by atoms with van der Waals surface area (Å²) in [6.45, 7) is 4.90. The molecule has 2 aromatic heterocycles. The molecule has 0 radical (unpaired) electrons. The average Bonchev–Trinajstić information content (AvgIpc) is 3.74. The third-order valence-electron chi connectivity index (χ3n) is 8.61. The summed E-state index contributed by atoms with van der Waals surface area (Å²) in [5.41, 5.74) is 4.77. The molecule has 0 bridgehead atoms. The zero-order chi connectivity index (χ0) is 39.4. The molecule has 3 N–H and O–H groups in total. The van der Waals surface area contributed by atoms with Crippen LogP contribution in [0.1, 0.15) is 71.1 Å². The van der Waals surface area contributed by atoms with Crippen LogP contribution in [0.2, 0.25) is 0 Å². The van der Waals surface area contributed by atoms with E-state index in [4.69, 9.17) is 40.2 Å². The number of unbranched alkanes of at least 4 members (excludes halogenated alkanes) is 4. The number of imidazole rings is 1. The van der Waals surface area contributed by atoms with Crippen molar-refractivity contribution >= 4 is 36.9 Å². The Kier molecular flexibility index (Phi) is 14.2. The maximum Gasteiger partial charge on any atom is 0.508 e. The first-order valence-corrected chi connectivity index (χ1v) is 19.6. The van der Waals surface area contributed by atoms with Crippen LogP contribution in [0, 0.1) is 18.4 Å². The number of aromatic nitrogens is 4. The molecular formula is C38H46FN6O9P. The van der Waals surface area contributed by atoms with Gasteiger partial charge in [0.1, 0.15) is 24.6 Å². The fraction of sp³-hybridized carbons (Fsp3) is 0.447. The first kappa shape index (κ1) is 41.1. The lowest BCUT2D eigenvalue weighted by molar-refractivity contribution is -0.149. The number of nitrogens with two attached hydrogens (primary N) is 1. The fourth-order valence-corrected chi connectivity index (χ4v) is 7.43. The van der Waals surface area contributed by atoms with Gasteiger partial charge in [-0.25, -0.2) is 14.3 Å². The number of nitrogen functional groups attached to an aromatic ring is 1. The van der Waals surface area contributed by atoms with E-state index in [1.54, 1.807) is 68.4 Å². The Bertz CT molecular complexity index is 1980. The predicted molar refractivity (Wildman–Crippen MR) is 200 cm³/mol. The number of nitrogens with one attached hydrogen (secondary N) is 1. The van der Waals surface area contributed by atoms with Crippen molar-refractivity contribution in [1.82, 2.24) is 24.6 Å². The molecule has 4 aromatic rings. The van der Waals surface area contributed by atoms with Crippen LogP contribution in [0.4, 0.5) is 15.0 Å². The summed E-state index contributed by atoms with van der Waals surface area (Å²) in [6, 6.07) is 16.0. The summed E-state index contributed by atoms with van der Waals surface area (Å²) in [5.74, 6) is 1.76.